The van der Waals surface area contributed by atoms with Crippen LogP contribution in [0.4, 0.5) is 13.2 Å². The van der Waals surface area contributed by atoms with Crippen molar-refractivity contribution >= 4 is 11.6 Å². The molecule has 3 nitrogen and oxygen atoms in total. The Morgan fingerprint density at radius 2 is 1.89 bits per heavy atom. The average molecular weight is 298 g/mol. The number of alkyl halides is 3. The molecule has 0 radical (unpaired) electrons. The Morgan fingerprint density at radius 1 is 1.26 bits per heavy atom. The predicted molar refractivity (Wildman–Crippen MR) is 66.8 cm³/mol. The molecule has 0 fully saturated rings. The molecule has 0 saturated carbocycles. The van der Waals surface area contributed by atoms with Gasteiger partial charge < -0.3 is 15.2 Å². The lowest BCUT2D eigenvalue weighted by Gasteiger charge is -2.18. The fraction of sp³-hybridized carbons (Fsp3) is 0.500. The van der Waals surface area contributed by atoms with E-state index in [2.05, 4.69) is 0 Å². The van der Waals surface area contributed by atoms with Crippen LogP contribution in [0.25, 0.3) is 0 Å². The van der Waals surface area contributed by atoms with Crippen LogP contribution in [0.1, 0.15) is 24.4 Å². The van der Waals surface area contributed by atoms with E-state index in [0.717, 1.165) is 0 Å². The number of ether oxygens (including phenoxy) is 2. The lowest BCUT2D eigenvalue weighted by molar-refractivity contribution is -0.136. The second kappa shape index (κ2) is 6.34. The molecule has 0 bridgehead atoms. The summed E-state index contributed by atoms with van der Waals surface area (Å²) in [6.07, 6.45) is -5.43. The molecule has 0 spiro atoms. The second-order valence-corrected chi connectivity index (χ2v) is 4.34. The highest BCUT2D eigenvalue weighted by Gasteiger charge is 2.29. The minimum atomic E-state index is -4.23. The number of hydrogen-bond acceptors (Lipinski definition) is 3. The van der Waals surface area contributed by atoms with E-state index in [0.29, 0.717) is 11.3 Å². The Morgan fingerprint density at radius 3 is 2.37 bits per heavy atom. The minimum Gasteiger partial charge on any atom is -0.495 e. The SMILES string of the molecule is COc1ccc(C(N)CCC(F)(F)F)c(OC)c1Cl. The molecule has 0 saturated heterocycles. The highest BCUT2D eigenvalue weighted by molar-refractivity contribution is 6.33. The Hall–Kier alpha value is -1.14. The molecule has 0 amide bonds. The van der Waals surface area contributed by atoms with Gasteiger partial charge in [-0.1, -0.05) is 11.6 Å². The van der Waals surface area contributed by atoms with E-state index < -0.39 is 18.6 Å². The molecular formula is C12H15ClF3NO2. The molecular weight excluding hydrogens is 283 g/mol. The Labute approximate surface area is 114 Å². The molecule has 2 N–H and O–H groups in total. The molecule has 1 aromatic rings. The standard InChI is InChI=1S/C12H15ClF3NO2/c1-18-9-4-3-7(11(19-2)10(9)13)8(17)5-6-12(14,15)16/h3-4,8H,5-6,17H2,1-2H3. The van der Waals surface area contributed by atoms with Gasteiger partial charge in [-0.05, 0) is 18.6 Å². The van der Waals surface area contributed by atoms with Crippen LogP contribution < -0.4 is 15.2 Å². The van der Waals surface area contributed by atoms with Gasteiger partial charge in [0.2, 0.25) is 0 Å². The average Bonchev–Trinajstić information content (AvgIpc) is 2.34. The fourth-order valence-electron chi connectivity index (χ4n) is 1.68. The third-order valence-corrected chi connectivity index (χ3v) is 3.01. The van der Waals surface area contributed by atoms with E-state index in [1.165, 1.54) is 14.2 Å². The number of rotatable bonds is 5. The summed E-state index contributed by atoms with van der Waals surface area (Å²) < 4.78 is 46.6. The monoisotopic (exact) mass is 297 g/mol. The van der Waals surface area contributed by atoms with E-state index in [-0.39, 0.29) is 17.2 Å². The second-order valence-electron chi connectivity index (χ2n) is 3.96. The van der Waals surface area contributed by atoms with Crippen LogP contribution in [0, 0.1) is 0 Å². The zero-order valence-electron chi connectivity index (χ0n) is 10.6. The van der Waals surface area contributed by atoms with E-state index >= 15 is 0 Å². The summed E-state index contributed by atoms with van der Waals surface area (Å²) in [5, 5.41) is 0.199. The lowest BCUT2D eigenvalue weighted by Crippen LogP contribution is -2.16. The first kappa shape index (κ1) is 15.9. The van der Waals surface area contributed by atoms with Crippen molar-refractivity contribution < 1.29 is 22.6 Å². The van der Waals surface area contributed by atoms with Crippen molar-refractivity contribution in [2.24, 2.45) is 5.73 Å². The smallest absolute Gasteiger partial charge is 0.389 e. The molecule has 19 heavy (non-hydrogen) atoms. The van der Waals surface area contributed by atoms with Gasteiger partial charge in [0.1, 0.15) is 16.5 Å². The molecule has 108 valence electrons. The molecule has 1 atom stereocenters. The Kier molecular flexibility index (Phi) is 5.31. The Bertz CT molecular complexity index is 438. The predicted octanol–water partition coefficient (Wildman–Crippen LogP) is 3.70. The number of halogens is 4. The van der Waals surface area contributed by atoms with Gasteiger partial charge in [0, 0.05) is 18.0 Å². The van der Waals surface area contributed by atoms with Crippen molar-refractivity contribution in [2.45, 2.75) is 25.1 Å². The summed E-state index contributed by atoms with van der Waals surface area (Å²) >= 11 is 6.02. The minimum absolute atomic E-state index is 0.199. The molecule has 0 heterocycles. The van der Waals surface area contributed by atoms with Gasteiger partial charge in [-0.25, -0.2) is 0 Å². The molecule has 0 aromatic heterocycles. The number of hydrogen-bond donors (Lipinski definition) is 1. The zero-order valence-corrected chi connectivity index (χ0v) is 11.3. The summed E-state index contributed by atoms with van der Waals surface area (Å²) in [7, 11) is 2.81. The van der Waals surface area contributed by atoms with Gasteiger partial charge in [-0.15, -0.1) is 0 Å². The van der Waals surface area contributed by atoms with Crippen molar-refractivity contribution in [3.8, 4) is 11.5 Å². The van der Waals surface area contributed by atoms with Gasteiger partial charge in [-0.2, -0.15) is 13.2 Å². The molecule has 7 heteroatoms. The fourth-order valence-corrected chi connectivity index (χ4v) is 2.01. The molecule has 1 unspecified atom stereocenters. The highest BCUT2D eigenvalue weighted by atomic mass is 35.5. The first-order valence-electron chi connectivity index (χ1n) is 5.53. The van der Waals surface area contributed by atoms with E-state index in [1.54, 1.807) is 12.1 Å². The van der Waals surface area contributed by atoms with Crippen molar-refractivity contribution in [3.05, 3.63) is 22.7 Å². The summed E-state index contributed by atoms with van der Waals surface area (Å²) in [6, 6.07) is 2.30. The third-order valence-electron chi connectivity index (χ3n) is 2.65. The largest absolute Gasteiger partial charge is 0.495 e. The van der Waals surface area contributed by atoms with Crippen molar-refractivity contribution in [3.63, 3.8) is 0 Å². The van der Waals surface area contributed by atoms with Crippen molar-refractivity contribution in [1.29, 1.82) is 0 Å². The molecule has 1 rings (SSSR count). The number of nitrogens with two attached hydrogens (primary N) is 1. The summed E-state index contributed by atoms with van der Waals surface area (Å²) in [6.45, 7) is 0. The topological polar surface area (TPSA) is 44.5 Å². The zero-order chi connectivity index (χ0) is 14.6. The van der Waals surface area contributed by atoms with Crippen LogP contribution in [-0.4, -0.2) is 20.4 Å². The summed E-state index contributed by atoms with van der Waals surface area (Å²) in [4.78, 5) is 0. The van der Waals surface area contributed by atoms with Crippen LogP contribution >= 0.6 is 11.6 Å². The Balaban J connectivity index is 2.97. The van der Waals surface area contributed by atoms with Gasteiger partial charge in [0.15, 0.2) is 0 Å². The third kappa shape index (κ3) is 4.18. The van der Waals surface area contributed by atoms with Crippen LogP contribution in [0.3, 0.4) is 0 Å². The van der Waals surface area contributed by atoms with Crippen LogP contribution in [0.5, 0.6) is 11.5 Å². The summed E-state index contributed by atoms with van der Waals surface area (Å²) in [5.74, 6) is 0.626. The number of benzene rings is 1. The van der Waals surface area contributed by atoms with Gasteiger partial charge in [0.25, 0.3) is 0 Å². The van der Waals surface area contributed by atoms with Crippen LogP contribution in [-0.2, 0) is 0 Å². The van der Waals surface area contributed by atoms with Crippen molar-refractivity contribution in [2.75, 3.05) is 14.2 Å². The maximum Gasteiger partial charge on any atom is 0.389 e. The normalized spacial score (nSPS) is 13.2. The van der Waals surface area contributed by atoms with E-state index in [9.17, 15) is 13.2 Å². The van der Waals surface area contributed by atoms with Crippen LogP contribution in [0.15, 0.2) is 12.1 Å². The highest BCUT2D eigenvalue weighted by Crippen LogP contribution is 2.40. The van der Waals surface area contributed by atoms with Crippen LogP contribution in [0.2, 0.25) is 5.02 Å². The first-order valence-corrected chi connectivity index (χ1v) is 5.90. The van der Waals surface area contributed by atoms with Crippen molar-refractivity contribution in [1.82, 2.24) is 0 Å². The molecule has 0 aliphatic heterocycles. The molecule has 0 aliphatic carbocycles. The molecule has 0 aliphatic rings. The quantitative estimate of drug-likeness (QED) is 0.901. The molecule has 1 aromatic carbocycles. The summed E-state index contributed by atoms with van der Waals surface area (Å²) in [5.41, 5.74) is 6.19. The van der Waals surface area contributed by atoms with E-state index in [4.69, 9.17) is 26.8 Å². The van der Waals surface area contributed by atoms with Gasteiger partial charge in [-0.3, -0.25) is 0 Å². The maximum absolute atomic E-state index is 12.2. The van der Waals surface area contributed by atoms with E-state index in [1.807, 2.05) is 0 Å². The van der Waals surface area contributed by atoms with Gasteiger partial charge >= 0.3 is 6.18 Å². The maximum atomic E-state index is 12.2. The number of methoxy groups -OCH3 is 2. The first-order chi connectivity index (χ1) is 8.80. The van der Waals surface area contributed by atoms with Gasteiger partial charge in [0.05, 0.1) is 14.2 Å². The lowest BCUT2D eigenvalue weighted by atomic mass is 10.0.